The average molecular weight is 507 g/mol. The molecule has 0 spiro atoms. The predicted octanol–water partition coefficient (Wildman–Crippen LogP) is 4.43. The Balaban J connectivity index is 1.57. The Morgan fingerprint density at radius 1 is 1.08 bits per heavy atom. The normalized spacial score (nSPS) is 13.8. The molecule has 1 aliphatic rings. The molecule has 0 atom stereocenters. The zero-order valence-corrected chi connectivity index (χ0v) is 20.3. The van der Waals surface area contributed by atoms with Crippen molar-refractivity contribution in [1.82, 2.24) is 9.47 Å². The van der Waals surface area contributed by atoms with Crippen molar-refractivity contribution in [2.45, 2.75) is 13.5 Å². The van der Waals surface area contributed by atoms with Crippen molar-refractivity contribution < 1.29 is 14.1 Å². The van der Waals surface area contributed by atoms with Crippen LogP contribution in [0.1, 0.15) is 20.8 Å². The molecule has 0 radical (unpaired) electrons. The molecule has 4 aromatic rings. The van der Waals surface area contributed by atoms with Gasteiger partial charge in [-0.1, -0.05) is 29.8 Å². The number of amides is 1. The third kappa shape index (κ3) is 4.35. The maximum Gasteiger partial charge on any atom is 0.357 e. The number of rotatable bonds is 5. The number of piperazine rings is 1. The first-order chi connectivity index (χ1) is 17.3. The summed E-state index contributed by atoms with van der Waals surface area (Å²) in [5.74, 6) is -0.459. The monoisotopic (exact) mass is 506 g/mol. The van der Waals surface area contributed by atoms with Crippen LogP contribution in [0.25, 0.3) is 10.9 Å². The van der Waals surface area contributed by atoms with E-state index in [4.69, 9.17) is 0 Å². The zero-order chi connectivity index (χ0) is 25.4. The molecule has 1 aliphatic heterocycles. The van der Waals surface area contributed by atoms with E-state index < -0.39 is 22.0 Å². The van der Waals surface area contributed by atoms with E-state index in [9.17, 15) is 24.1 Å². The van der Waals surface area contributed by atoms with Gasteiger partial charge in [0.2, 0.25) is 0 Å². The number of pyridine rings is 1. The molecule has 0 bridgehead atoms. The minimum atomic E-state index is -0.715. The highest BCUT2D eigenvalue weighted by Gasteiger charge is 2.32. The summed E-state index contributed by atoms with van der Waals surface area (Å²) in [5, 5.41) is 14.7. The quantitative estimate of drug-likeness (QED) is 0.295. The Hall–Kier alpha value is -4.05. The SMILES string of the molecule is Cc1ccc2c(c1)c(N1CCN(C(=O)c3cccs3)CC1)c([N+](=O)[O-])c(=O)n2Cc1ccc(F)cc1. The molecule has 1 saturated heterocycles. The first-order valence-electron chi connectivity index (χ1n) is 11.5. The number of hydrogen-bond donors (Lipinski definition) is 0. The fraction of sp³-hybridized carbons (Fsp3) is 0.231. The van der Waals surface area contributed by atoms with E-state index in [1.54, 1.807) is 29.2 Å². The third-order valence-corrected chi connectivity index (χ3v) is 7.28. The number of aryl methyl sites for hydroxylation is 1. The van der Waals surface area contributed by atoms with E-state index in [0.717, 1.165) is 5.56 Å². The predicted molar refractivity (Wildman–Crippen MR) is 138 cm³/mol. The maximum atomic E-state index is 13.5. The van der Waals surface area contributed by atoms with Gasteiger partial charge < -0.3 is 9.80 Å². The summed E-state index contributed by atoms with van der Waals surface area (Å²) in [7, 11) is 0. The van der Waals surface area contributed by atoms with Gasteiger partial charge in [-0.05, 0) is 48.2 Å². The number of anilines is 1. The number of carbonyl (C=O) groups is 1. The van der Waals surface area contributed by atoms with Gasteiger partial charge in [-0.2, -0.15) is 0 Å². The summed E-state index contributed by atoms with van der Waals surface area (Å²) in [6.45, 7) is 3.47. The van der Waals surface area contributed by atoms with Crippen molar-refractivity contribution >= 4 is 39.5 Å². The molecule has 184 valence electrons. The molecule has 10 heteroatoms. The van der Waals surface area contributed by atoms with Crippen molar-refractivity contribution in [3.05, 3.63) is 102 Å². The number of carbonyl (C=O) groups excluding carboxylic acids is 1. The molecule has 5 rings (SSSR count). The fourth-order valence-electron chi connectivity index (χ4n) is 4.64. The summed E-state index contributed by atoms with van der Waals surface area (Å²) in [5.41, 5.74) is 1.19. The summed E-state index contributed by atoms with van der Waals surface area (Å²) < 4.78 is 14.8. The van der Waals surface area contributed by atoms with Crippen molar-refractivity contribution in [3.63, 3.8) is 0 Å². The number of fused-ring (bicyclic) bond motifs is 1. The molecule has 0 unspecified atom stereocenters. The molecule has 36 heavy (non-hydrogen) atoms. The summed E-state index contributed by atoms with van der Waals surface area (Å²) >= 11 is 1.38. The molecular formula is C26H23FN4O4S. The molecule has 1 amide bonds. The second-order valence-electron chi connectivity index (χ2n) is 8.75. The number of thiophene rings is 1. The van der Waals surface area contributed by atoms with Gasteiger partial charge in [0.25, 0.3) is 5.91 Å². The first-order valence-corrected chi connectivity index (χ1v) is 12.3. The number of hydrogen-bond acceptors (Lipinski definition) is 6. The smallest absolute Gasteiger partial charge is 0.357 e. The van der Waals surface area contributed by atoms with Crippen LogP contribution in [0.3, 0.4) is 0 Å². The molecule has 8 nitrogen and oxygen atoms in total. The molecule has 0 aliphatic carbocycles. The molecule has 3 heterocycles. The highest BCUT2D eigenvalue weighted by molar-refractivity contribution is 7.12. The lowest BCUT2D eigenvalue weighted by Crippen LogP contribution is -2.49. The van der Waals surface area contributed by atoms with Crippen LogP contribution >= 0.6 is 11.3 Å². The molecule has 0 N–H and O–H groups in total. The van der Waals surface area contributed by atoms with Crippen LogP contribution in [0.5, 0.6) is 0 Å². The van der Waals surface area contributed by atoms with Gasteiger partial charge in [0.1, 0.15) is 11.5 Å². The number of aromatic nitrogens is 1. The van der Waals surface area contributed by atoms with Crippen LogP contribution in [-0.4, -0.2) is 46.5 Å². The Bertz CT molecular complexity index is 1510. The van der Waals surface area contributed by atoms with Crippen molar-refractivity contribution in [1.29, 1.82) is 0 Å². The lowest BCUT2D eigenvalue weighted by atomic mass is 10.1. The third-order valence-electron chi connectivity index (χ3n) is 6.42. The van der Waals surface area contributed by atoms with E-state index in [1.165, 1.54) is 28.0 Å². The average Bonchev–Trinajstić information content (AvgIpc) is 3.41. The van der Waals surface area contributed by atoms with Gasteiger partial charge in [-0.25, -0.2) is 4.39 Å². The van der Waals surface area contributed by atoms with Crippen LogP contribution in [-0.2, 0) is 6.54 Å². The number of nitro groups is 1. The van der Waals surface area contributed by atoms with E-state index >= 15 is 0 Å². The Morgan fingerprint density at radius 2 is 1.81 bits per heavy atom. The van der Waals surface area contributed by atoms with Crippen LogP contribution in [0.2, 0.25) is 0 Å². The Morgan fingerprint density at radius 3 is 2.44 bits per heavy atom. The molecular weight excluding hydrogens is 483 g/mol. The lowest BCUT2D eigenvalue weighted by Gasteiger charge is -2.36. The second kappa shape index (κ2) is 9.54. The second-order valence-corrected chi connectivity index (χ2v) is 9.70. The van der Waals surface area contributed by atoms with Gasteiger partial charge in [-0.15, -0.1) is 11.3 Å². The molecule has 2 aromatic carbocycles. The minimum absolute atomic E-state index is 0.0606. The van der Waals surface area contributed by atoms with Crippen LogP contribution < -0.4 is 10.5 Å². The van der Waals surface area contributed by atoms with E-state index in [1.807, 2.05) is 35.4 Å². The van der Waals surface area contributed by atoms with Gasteiger partial charge in [0.05, 0.1) is 21.9 Å². The largest absolute Gasteiger partial charge is 0.362 e. The number of nitrogens with zero attached hydrogens (tertiary/aromatic N) is 4. The van der Waals surface area contributed by atoms with Crippen LogP contribution in [0.4, 0.5) is 15.8 Å². The standard InChI is InChI=1S/C26H23FN4O4S/c1-17-4-9-21-20(15-17)23(28-10-12-29(13-11-28)25(32)22-3-2-14-36-22)24(31(34)35)26(33)30(21)16-18-5-7-19(27)8-6-18/h2-9,14-15H,10-13,16H2,1H3. The molecule has 0 saturated carbocycles. The van der Waals surface area contributed by atoms with Crippen molar-refractivity contribution in [2.24, 2.45) is 0 Å². The van der Waals surface area contributed by atoms with E-state index in [0.29, 0.717) is 47.5 Å². The first kappa shape index (κ1) is 23.7. The molecule has 2 aromatic heterocycles. The highest BCUT2D eigenvalue weighted by Crippen LogP contribution is 2.35. The molecule has 1 fully saturated rings. The number of benzene rings is 2. The summed E-state index contributed by atoms with van der Waals surface area (Å²) in [4.78, 5) is 42.1. The Kier molecular flexibility index (Phi) is 6.27. The van der Waals surface area contributed by atoms with Gasteiger partial charge in [-0.3, -0.25) is 24.3 Å². The summed E-state index contributed by atoms with van der Waals surface area (Å²) in [6, 6.07) is 14.8. The lowest BCUT2D eigenvalue weighted by molar-refractivity contribution is -0.385. The fourth-order valence-corrected chi connectivity index (χ4v) is 5.34. The van der Waals surface area contributed by atoms with E-state index in [2.05, 4.69) is 0 Å². The topological polar surface area (TPSA) is 88.7 Å². The Labute approximate surface area is 210 Å². The van der Waals surface area contributed by atoms with Gasteiger partial charge in [0, 0.05) is 31.6 Å². The van der Waals surface area contributed by atoms with Crippen molar-refractivity contribution in [2.75, 3.05) is 31.1 Å². The highest BCUT2D eigenvalue weighted by atomic mass is 32.1. The number of halogens is 1. The van der Waals surface area contributed by atoms with Gasteiger partial charge in [0.15, 0.2) is 0 Å². The zero-order valence-electron chi connectivity index (χ0n) is 19.5. The maximum absolute atomic E-state index is 13.5. The van der Waals surface area contributed by atoms with Crippen LogP contribution in [0.15, 0.2) is 64.8 Å². The minimum Gasteiger partial charge on any atom is -0.362 e. The summed E-state index contributed by atoms with van der Waals surface area (Å²) in [6.07, 6.45) is 0. The van der Waals surface area contributed by atoms with Gasteiger partial charge >= 0.3 is 11.2 Å². The van der Waals surface area contributed by atoms with E-state index in [-0.39, 0.29) is 18.1 Å². The van der Waals surface area contributed by atoms with Crippen LogP contribution in [0, 0.1) is 22.9 Å². The van der Waals surface area contributed by atoms with Crippen molar-refractivity contribution in [3.8, 4) is 0 Å².